The first-order valence-corrected chi connectivity index (χ1v) is 6.69. The number of hydrogen-bond acceptors (Lipinski definition) is 4. The molecule has 112 valence electrons. The Labute approximate surface area is 123 Å². The molecular formula is C14H19ClO5. The number of carboxylic acid groups (broad SMARTS) is 1. The van der Waals surface area contributed by atoms with Gasteiger partial charge in [-0.2, -0.15) is 0 Å². The number of hydrogen-bond donors (Lipinski definition) is 1. The lowest BCUT2D eigenvalue weighted by atomic mass is 10.1. The highest BCUT2D eigenvalue weighted by atomic mass is 35.5. The van der Waals surface area contributed by atoms with Gasteiger partial charge in [0, 0.05) is 25.3 Å². The Morgan fingerprint density at radius 3 is 2.60 bits per heavy atom. The molecule has 0 aliphatic carbocycles. The second-order valence-electron chi connectivity index (χ2n) is 4.12. The van der Waals surface area contributed by atoms with Crippen LogP contribution < -0.4 is 0 Å². The van der Waals surface area contributed by atoms with Crippen LogP contribution in [0, 0.1) is 0 Å². The summed E-state index contributed by atoms with van der Waals surface area (Å²) in [6.07, 6.45) is 0.860. The first-order valence-electron chi connectivity index (χ1n) is 6.31. The molecule has 0 radical (unpaired) electrons. The minimum Gasteiger partial charge on any atom is -0.478 e. The van der Waals surface area contributed by atoms with E-state index in [-0.39, 0.29) is 5.56 Å². The van der Waals surface area contributed by atoms with Crippen LogP contribution in [0.3, 0.4) is 0 Å². The van der Waals surface area contributed by atoms with Crippen LogP contribution >= 0.6 is 11.6 Å². The highest BCUT2D eigenvalue weighted by Gasteiger charge is 2.06. The number of halogens is 1. The summed E-state index contributed by atoms with van der Waals surface area (Å²) in [5, 5.41) is 9.21. The van der Waals surface area contributed by atoms with Gasteiger partial charge in [-0.1, -0.05) is 17.7 Å². The molecule has 0 spiro atoms. The summed E-state index contributed by atoms with van der Waals surface area (Å²) in [4.78, 5) is 10.8. The van der Waals surface area contributed by atoms with Crippen LogP contribution in [0.1, 0.15) is 22.3 Å². The van der Waals surface area contributed by atoms with Crippen LogP contribution in [0.15, 0.2) is 18.2 Å². The molecule has 20 heavy (non-hydrogen) atoms. The van der Waals surface area contributed by atoms with E-state index in [0.29, 0.717) is 38.1 Å². The van der Waals surface area contributed by atoms with Crippen molar-refractivity contribution in [3.63, 3.8) is 0 Å². The quantitative estimate of drug-likeness (QED) is 0.673. The van der Waals surface area contributed by atoms with Gasteiger partial charge in [-0.15, -0.1) is 0 Å². The SMILES string of the molecule is COCCCOCCOCc1ccc(C(=O)O)cc1Cl. The van der Waals surface area contributed by atoms with Crippen molar-refractivity contribution in [1.82, 2.24) is 0 Å². The molecule has 0 saturated carbocycles. The Hall–Kier alpha value is -1.14. The second kappa shape index (κ2) is 9.72. The highest BCUT2D eigenvalue weighted by Crippen LogP contribution is 2.18. The molecule has 0 fully saturated rings. The van der Waals surface area contributed by atoms with Crippen molar-refractivity contribution < 1.29 is 24.1 Å². The predicted molar refractivity (Wildman–Crippen MR) is 75.4 cm³/mol. The molecule has 0 bridgehead atoms. The molecule has 0 unspecified atom stereocenters. The van der Waals surface area contributed by atoms with Crippen LogP contribution in [-0.2, 0) is 20.8 Å². The zero-order chi connectivity index (χ0) is 14.8. The van der Waals surface area contributed by atoms with Gasteiger partial charge in [0.1, 0.15) is 0 Å². The molecule has 1 aromatic carbocycles. The van der Waals surface area contributed by atoms with Crippen molar-refractivity contribution in [1.29, 1.82) is 0 Å². The van der Waals surface area contributed by atoms with Crippen molar-refractivity contribution in [2.45, 2.75) is 13.0 Å². The third-order valence-corrected chi connectivity index (χ3v) is 2.92. The van der Waals surface area contributed by atoms with E-state index >= 15 is 0 Å². The maximum absolute atomic E-state index is 10.8. The van der Waals surface area contributed by atoms with Crippen LogP contribution in [0.25, 0.3) is 0 Å². The number of methoxy groups -OCH3 is 1. The van der Waals surface area contributed by atoms with Gasteiger partial charge >= 0.3 is 5.97 Å². The average molecular weight is 303 g/mol. The molecule has 0 atom stereocenters. The largest absolute Gasteiger partial charge is 0.478 e. The Morgan fingerprint density at radius 1 is 1.20 bits per heavy atom. The van der Waals surface area contributed by atoms with Gasteiger partial charge < -0.3 is 19.3 Å². The van der Waals surface area contributed by atoms with Gasteiger partial charge in [-0.25, -0.2) is 4.79 Å². The van der Waals surface area contributed by atoms with Crippen molar-refractivity contribution in [2.75, 3.05) is 33.5 Å². The predicted octanol–water partition coefficient (Wildman–Crippen LogP) is 2.61. The molecule has 1 N–H and O–H groups in total. The Bertz CT molecular complexity index is 422. The number of rotatable bonds is 10. The maximum Gasteiger partial charge on any atom is 0.335 e. The van der Waals surface area contributed by atoms with Gasteiger partial charge in [0.25, 0.3) is 0 Å². The van der Waals surface area contributed by atoms with E-state index in [4.69, 9.17) is 30.9 Å². The maximum atomic E-state index is 10.8. The molecule has 0 heterocycles. The Balaban J connectivity index is 2.20. The number of aromatic carboxylic acids is 1. The summed E-state index contributed by atoms with van der Waals surface area (Å²) < 4.78 is 15.7. The number of carbonyl (C=O) groups is 1. The summed E-state index contributed by atoms with van der Waals surface area (Å²) >= 11 is 5.98. The topological polar surface area (TPSA) is 65.0 Å². The first-order chi connectivity index (χ1) is 9.65. The lowest BCUT2D eigenvalue weighted by Crippen LogP contribution is -2.07. The van der Waals surface area contributed by atoms with Crippen molar-refractivity contribution in [2.24, 2.45) is 0 Å². The van der Waals surface area contributed by atoms with Crippen LogP contribution in [0.4, 0.5) is 0 Å². The molecule has 0 aromatic heterocycles. The Kier molecular flexibility index (Phi) is 8.22. The van der Waals surface area contributed by atoms with E-state index in [9.17, 15) is 4.79 Å². The van der Waals surface area contributed by atoms with Gasteiger partial charge in [-0.3, -0.25) is 0 Å². The minimum atomic E-state index is -0.996. The Morgan fingerprint density at radius 2 is 1.95 bits per heavy atom. The second-order valence-corrected chi connectivity index (χ2v) is 4.53. The normalized spacial score (nSPS) is 10.7. The monoisotopic (exact) mass is 302 g/mol. The minimum absolute atomic E-state index is 0.167. The molecular weight excluding hydrogens is 284 g/mol. The van der Waals surface area contributed by atoms with Gasteiger partial charge in [0.15, 0.2) is 0 Å². The van der Waals surface area contributed by atoms with Crippen LogP contribution in [0.2, 0.25) is 5.02 Å². The van der Waals surface area contributed by atoms with Crippen LogP contribution in [-0.4, -0.2) is 44.6 Å². The molecule has 6 heteroatoms. The lowest BCUT2D eigenvalue weighted by Gasteiger charge is -2.07. The number of carboxylic acids is 1. The van der Waals surface area contributed by atoms with E-state index in [1.54, 1.807) is 13.2 Å². The van der Waals surface area contributed by atoms with Crippen LogP contribution in [0.5, 0.6) is 0 Å². The highest BCUT2D eigenvalue weighted by molar-refractivity contribution is 6.31. The zero-order valence-corrected chi connectivity index (χ0v) is 12.2. The van der Waals surface area contributed by atoms with E-state index in [2.05, 4.69) is 0 Å². The van der Waals surface area contributed by atoms with E-state index < -0.39 is 5.97 Å². The number of benzene rings is 1. The first kappa shape index (κ1) is 16.9. The smallest absolute Gasteiger partial charge is 0.335 e. The molecule has 1 rings (SSSR count). The van der Waals surface area contributed by atoms with Gasteiger partial charge in [0.05, 0.1) is 25.4 Å². The van der Waals surface area contributed by atoms with Crippen molar-refractivity contribution in [3.8, 4) is 0 Å². The summed E-state index contributed by atoms with van der Waals surface area (Å²) in [6, 6.07) is 4.59. The number of ether oxygens (including phenoxy) is 3. The summed E-state index contributed by atoms with van der Waals surface area (Å²) in [5.74, 6) is -0.996. The average Bonchev–Trinajstić information content (AvgIpc) is 2.43. The fourth-order valence-electron chi connectivity index (χ4n) is 1.50. The summed E-state index contributed by atoms with van der Waals surface area (Å²) in [7, 11) is 1.66. The molecule has 0 aliphatic heterocycles. The van der Waals surface area contributed by atoms with Gasteiger partial charge in [0.2, 0.25) is 0 Å². The molecule has 1 aromatic rings. The summed E-state index contributed by atoms with van der Waals surface area (Å²) in [5.41, 5.74) is 0.927. The van der Waals surface area contributed by atoms with Crippen molar-refractivity contribution >= 4 is 17.6 Å². The fraction of sp³-hybridized carbons (Fsp3) is 0.500. The summed E-state index contributed by atoms with van der Waals surface area (Å²) in [6.45, 7) is 2.64. The van der Waals surface area contributed by atoms with E-state index in [0.717, 1.165) is 12.0 Å². The molecule has 0 aliphatic rings. The van der Waals surface area contributed by atoms with E-state index in [1.807, 2.05) is 0 Å². The lowest BCUT2D eigenvalue weighted by molar-refractivity contribution is 0.0337. The van der Waals surface area contributed by atoms with Gasteiger partial charge in [-0.05, 0) is 24.1 Å². The third kappa shape index (κ3) is 6.34. The molecule has 0 saturated heterocycles. The zero-order valence-electron chi connectivity index (χ0n) is 11.4. The van der Waals surface area contributed by atoms with E-state index in [1.165, 1.54) is 12.1 Å². The fourth-order valence-corrected chi connectivity index (χ4v) is 1.74. The standard InChI is InChI=1S/C14H19ClO5/c1-18-5-2-6-19-7-8-20-10-12-4-3-11(14(16)17)9-13(12)15/h3-4,9H,2,5-8,10H2,1H3,(H,16,17). The molecule has 5 nitrogen and oxygen atoms in total. The third-order valence-electron chi connectivity index (χ3n) is 2.57. The molecule has 0 amide bonds. The van der Waals surface area contributed by atoms with Crippen molar-refractivity contribution in [3.05, 3.63) is 34.3 Å².